The smallest absolute Gasteiger partial charge is 0.205 e. The van der Waals surface area contributed by atoms with E-state index in [2.05, 4.69) is 33.0 Å². The Morgan fingerprint density at radius 2 is 1.95 bits per heavy atom. The third-order valence-corrected chi connectivity index (χ3v) is 4.42. The maximum absolute atomic E-state index is 4.57. The van der Waals surface area contributed by atoms with Gasteiger partial charge < -0.3 is 0 Å². The third-order valence-electron chi connectivity index (χ3n) is 2.81. The summed E-state index contributed by atoms with van der Waals surface area (Å²) in [5, 5.41) is 10.8. The van der Waals surface area contributed by atoms with Gasteiger partial charge in [0.1, 0.15) is 0 Å². The molecule has 3 rings (SSSR count). The zero-order valence-electron chi connectivity index (χ0n) is 10.9. The first-order chi connectivity index (χ1) is 9.88. The van der Waals surface area contributed by atoms with Gasteiger partial charge >= 0.3 is 0 Å². The lowest BCUT2D eigenvalue weighted by atomic mass is 10.2. The SMILES string of the molecule is CN=c1scc(-c2ccccc2)n1/N=C\c1ccsc1. The van der Waals surface area contributed by atoms with Gasteiger partial charge in [0.15, 0.2) is 0 Å². The van der Waals surface area contributed by atoms with E-state index >= 15 is 0 Å². The van der Waals surface area contributed by atoms with Gasteiger partial charge in [0, 0.05) is 23.6 Å². The molecule has 20 heavy (non-hydrogen) atoms. The Labute approximate surface area is 125 Å². The van der Waals surface area contributed by atoms with E-state index in [-0.39, 0.29) is 0 Å². The molecule has 2 aromatic heterocycles. The van der Waals surface area contributed by atoms with Crippen LogP contribution in [0.25, 0.3) is 11.3 Å². The monoisotopic (exact) mass is 299 g/mol. The average molecular weight is 299 g/mol. The summed E-state index contributed by atoms with van der Waals surface area (Å²) in [6.07, 6.45) is 1.87. The van der Waals surface area contributed by atoms with Gasteiger partial charge in [-0.2, -0.15) is 16.4 Å². The highest BCUT2D eigenvalue weighted by Gasteiger charge is 2.06. The minimum Gasteiger partial charge on any atom is -0.261 e. The molecule has 5 heteroatoms. The number of nitrogens with zero attached hydrogens (tertiary/aromatic N) is 3. The zero-order chi connectivity index (χ0) is 13.8. The van der Waals surface area contributed by atoms with Crippen LogP contribution >= 0.6 is 22.7 Å². The molecule has 0 saturated heterocycles. The molecule has 0 aliphatic heterocycles. The second-order valence-corrected chi connectivity index (χ2v) is 5.72. The van der Waals surface area contributed by atoms with Gasteiger partial charge in [-0.25, -0.2) is 4.68 Å². The second-order valence-electron chi connectivity index (χ2n) is 4.11. The zero-order valence-corrected chi connectivity index (χ0v) is 12.6. The topological polar surface area (TPSA) is 29.6 Å². The Morgan fingerprint density at radius 3 is 2.65 bits per heavy atom. The molecule has 0 spiro atoms. The average Bonchev–Trinajstić information content (AvgIpc) is 3.15. The maximum Gasteiger partial charge on any atom is 0.205 e. The lowest BCUT2D eigenvalue weighted by Gasteiger charge is -2.02. The van der Waals surface area contributed by atoms with E-state index < -0.39 is 0 Å². The quantitative estimate of drug-likeness (QED) is 0.660. The number of thiazole rings is 1. The van der Waals surface area contributed by atoms with Crippen molar-refractivity contribution in [3.8, 4) is 11.3 Å². The summed E-state index contributed by atoms with van der Waals surface area (Å²) in [7, 11) is 1.79. The molecule has 0 aliphatic rings. The van der Waals surface area contributed by atoms with E-state index in [9.17, 15) is 0 Å². The molecular weight excluding hydrogens is 286 g/mol. The highest BCUT2D eigenvalue weighted by molar-refractivity contribution is 7.08. The molecule has 0 fully saturated rings. The summed E-state index contributed by atoms with van der Waals surface area (Å²) < 4.78 is 1.89. The fraction of sp³-hybridized carbons (Fsp3) is 0.0667. The summed E-state index contributed by atoms with van der Waals surface area (Å²) in [4.78, 5) is 5.17. The minimum absolute atomic E-state index is 0.885. The predicted molar refractivity (Wildman–Crippen MR) is 86.5 cm³/mol. The summed E-state index contributed by atoms with van der Waals surface area (Å²) in [5.74, 6) is 0. The van der Waals surface area contributed by atoms with Crippen LogP contribution in [0, 0.1) is 0 Å². The highest BCUT2D eigenvalue weighted by atomic mass is 32.1. The molecule has 2 heterocycles. The van der Waals surface area contributed by atoms with Crippen LogP contribution in [0.5, 0.6) is 0 Å². The van der Waals surface area contributed by atoms with Crippen molar-refractivity contribution in [2.45, 2.75) is 0 Å². The van der Waals surface area contributed by atoms with Gasteiger partial charge in [-0.05, 0) is 16.8 Å². The number of aromatic nitrogens is 1. The molecule has 1 aromatic carbocycles. The molecule has 0 aliphatic carbocycles. The molecule has 0 unspecified atom stereocenters. The summed E-state index contributed by atoms with van der Waals surface area (Å²) >= 11 is 3.26. The predicted octanol–water partition coefficient (Wildman–Crippen LogP) is 3.69. The van der Waals surface area contributed by atoms with Gasteiger partial charge in [0.05, 0.1) is 11.9 Å². The Bertz CT molecular complexity index is 765. The van der Waals surface area contributed by atoms with Crippen molar-refractivity contribution in [1.29, 1.82) is 0 Å². The van der Waals surface area contributed by atoms with Crippen LogP contribution in [0.1, 0.15) is 5.56 Å². The number of hydrogen-bond donors (Lipinski definition) is 0. The molecular formula is C15H13N3S2. The number of rotatable bonds is 3. The Morgan fingerprint density at radius 1 is 1.10 bits per heavy atom. The van der Waals surface area contributed by atoms with Crippen molar-refractivity contribution in [2.24, 2.45) is 10.1 Å². The summed E-state index contributed by atoms with van der Waals surface area (Å²) in [6, 6.07) is 12.3. The van der Waals surface area contributed by atoms with Gasteiger partial charge in [-0.3, -0.25) is 4.99 Å². The van der Waals surface area contributed by atoms with Crippen molar-refractivity contribution in [1.82, 2.24) is 4.68 Å². The number of thiophene rings is 1. The molecule has 3 aromatic rings. The Kier molecular flexibility index (Phi) is 3.90. The van der Waals surface area contributed by atoms with E-state index in [4.69, 9.17) is 0 Å². The lowest BCUT2D eigenvalue weighted by molar-refractivity contribution is 0.848. The van der Waals surface area contributed by atoms with Crippen LogP contribution in [0.15, 0.2) is 62.6 Å². The van der Waals surface area contributed by atoms with E-state index in [0.29, 0.717) is 0 Å². The van der Waals surface area contributed by atoms with E-state index in [1.807, 2.05) is 40.5 Å². The normalized spacial score (nSPS) is 12.3. The number of hydrogen-bond acceptors (Lipinski definition) is 4. The second kappa shape index (κ2) is 5.98. The van der Waals surface area contributed by atoms with Crippen molar-refractivity contribution >= 4 is 28.9 Å². The van der Waals surface area contributed by atoms with Gasteiger partial charge in [-0.15, -0.1) is 11.3 Å². The Hall–Kier alpha value is -1.98. The van der Waals surface area contributed by atoms with Crippen molar-refractivity contribution < 1.29 is 0 Å². The molecule has 0 amide bonds. The molecule has 0 radical (unpaired) electrons. The van der Waals surface area contributed by atoms with Crippen molar-refractivity contribution in [3.05, 3.63) is 62.9 Å². The van der Waals surface area contributed by atoms with Crippen LogP contribution in [-0.4, -0.2) is 17.9 Å². The van der Waals surface area contributed by atoms with Gasteiger partial charge in [0.25, 0.3) is 0 Å². The fourth-order valence-electron chi connectivity index (χ4n) is 1.84. The maximum atomic E-state index is 4.57. The summed E-state index contributed by atoms with van der Waals surface area (Å²) in [6.45, 7) is 0. The van der Waals surface area contributed by atoms with Crippen LogP contribution in [0.2, 0.25) is 0 Å². The van der Waals surface area contributed by atoms with Gasteiger partial charge in [-0.1, -0.05) is 30.3 Å². The number of benzene rings is 1. The van der Waals surface area contributed by atoms with Gasteiger partial charge in [0.2, 0.25) is 4.80 Å². The first-order valence-electron chi connectivity index (χ1n) is 6.14. The molecule has 0 bridgehead atoms. The molecule has 3 nitrogen and oxygen atoms in total. The molecule has 100 valence electrons. The largest absolute Gasteiger partial charge is 0.261 e. The van der Waals surface area contributed by atoms with Crippen molar-refractivity contribution in [3.63, 3.8) is 0 Å². The third kappa shape index (κ3) is 2.64. The van der Waals surface area contributed by atoms with Crippen molar-refractivity contribution in [2.75, 3.05) is 7.05 Å². The molecule has 0 atom stereocenters. The first kappa shape index (κ1) is 13.0. The van der Waals surface area contributed by atoms with Crippen LogP contribution in [0.3, 0.4) is 0 Å². The van der Waals surface area contributed by atoms with Crippen LogP contribution < -0.4 is 4.80 Å². The standard InChI is InChI=1S/C15H13N3S2/c1-16-15-18(17-9-12-7-8-19-10-12)14(11-20-15)13-5-3-2-4-6-13/h2-11H,1H3/b16-15?,17-9-. The first-order valence-corrected chi connectivity index (χ1v) is 7.96. The molecule has 0 saturated carbocycles. The minimum atomic E-state index is 0.885. The summed E-state index contributed by atoms with van der Waals surface area (Å²) in [5.41, 5.74) is 3.30. The van der Waals surface area contributed by atoms with E-state index in [1.54, 1.807) is 29.7 Å². The van der Waals surface area contributed by atoms with E-state index in [1.165, 1.54) is 0 Å². The highest BCUT2D eigenvalue weighted by Crippen LogP contribution is 2.19. The fourth-order valence-corrected chi connectivity index (χ4v) is 3.26. The van der Waals surface area contributed by atoms with Crippen LogP contribution in [-0.2, 0) is 0 Å². The molecule has 0 N–H and O–H groups in total. The Balaban J connectivity index is 2.07. The van der Waals surface area contributed by atoms with Crippen LogP contribution in [0.4, 0.5) is 0 Å². The lowest BCUT2D eigenvalue weighted by Crippen LogP contribution is -2.11. The van der Waals surface area contributed by atoms with E-state index in [0.717, 1.165) is 21.6 Å².